The van der Waals surface area contributed by atoms with Gasteiger partial charge in [0.1, 0.15) is 5.75 Å². The van der Waals surface area contributed by atoms with Gasteiger partial charge >= 0.3 is 0 Å². The molecule has 0 bridgehead atoms. The maximum absolute atomic E-state index is 12.0. The van der Waals surface area contributed by atoms with E-state index >= 15 is 0 Å². The Labute approximate surface area is 144 Å². The molecule has 1 atom stereocenters. The number of nitrogens with one attached hydrogen (secondary N) is 1. The van der Waals surface area contributed by atoms with Crippen LogP contribution in [0.2, 0.25) is 0 Å². The standard InChI is InChI=1S/C17H26N2O4S/c1-13(2)23-16-6-4-14(5-7-16)10-18-17(20)11-19(3)15-8-9-24(21,22)12-15/h4-7,13,15H,8-12H2,1-3H3,(H,18,20)/t15-/m1/s1. The number of rotatable bonds is 7. The van der Waals surface area contributed by atoms with Gasteiger partial charge in [0.15, 0.2) is 9.84 Å². The second-order valence-electron chi connectivity index (χ2n) is 6.56. The Kier molecular flexibility index (Phi) is 6.23. The Balaban J connectivity index is 1.76. The van der Waals surface area contributed by atoms with Crippen LogP contribution >= 0.6 is 0 Å². The van der Waals surface area contributed by atoms with Gasteiger partial charge in [0.05, 0.1) is 24.2 Å². The van der Waals surface area contributed by atoms with Crippen molar-refractivity contribution in [3.63, 3.8) is 0 Å². The Bertz CT molecular complexity index is 656. The molecule has 1 aromatic rings. The first kappa shape index (κ1) is 18.7. The van der Waals surface area contributed by atoms with Gasteiger partial charge in [-0.25, -0.2) is 8.42 Å². The number of benzene rings is 1. The zero-order valence-electron chi connectivity index (χ0n) is 14.5. The summed E-state index contributed by atoms with van der Waals surface area (Å²) in [5, 5.41) is 2.86. The number of hydrogen-bond donors (Lipinski definition) is 1. The lowest BCUT2D eigenvalue weighted by Crippen LogP contribution is -2.41. The molecule has 1 saturated heterocycles. The highest BCUT2D eigenvalue weighted by Crippen LogP contribution is 2.16. The van der Waals surface area contributed by atoms with Crippen molar-refractivity contribution in [3.8, 4) is 5.75 Å². The van der Waals surface area contributed by atoms with Gasteiger partial charge in [-0.3, -0.25) is 9.69 Å². The zero-order chi connectivity index (χ0) is 17.7. The molecule has 24 heavy (non-hydrogen) atoms. The molecule has 134 valence electrons. The maximum atomic E-state index is 12.0. The van der Waals surface area contributed by atoms with Crippen molar-refractivity contribution in [3.05, 3.63) is 29.8 Å². The molecule has 0 aliphatic carbocycles. The van der Waals surface area contributed by atoms with Crippen molar-refractivity contribution in [1.82, 2.24) is 10.2 Å². The SMILES string of the molecule is CC(C)Oc1ccc(CNC(=O)CN(C)[C@@H]2CCS(=O)(=O)C2)cc1. The number of carbonyl (C=O) groups excluding carboxylic acids is 1. The van der Waals surface area contributed by atoms with E-state index in [0.29, 0.717) is 13.0 Å². The van der Waals surface area contributed by atoms with Crippen molar-refractivity contribution < 1.29 is 17.9 Å². The molecule has 0 aromatic heterocycles. The Hall–Kier alpha value is -1.60. The number of likely N-dealkylation sites (N-methyl/N-ethyl adjacent to an activating group) is 1. The van der Waals surface area contributed by atoms with Gasteiger partial charge in [0, 0.05) is 12.6 Å². The minimum Gasteiger partial charge on any atom is -0.491 e. The second kappa shape index (κ2) is 7.98. The number of ether oxygens (including phenoxy) is 1. The van der Waals surface area contributed by atoms with Gasteiger partial charge in [-0.2, -0.15) is 0 Å². The van der Waals surface area contributed by atoms with E-state index in [0.717, 1.165) is 11.3 Å². The Morgan fingerprint density at radius 1 is 1.33 bits per heavy atom. The van der Waals surface area contributed by atoms with Crippen LogP contribution < -0.4 is 10.1 Å². The lowest BCUT2D eigenvalue weighted by molar-refractivity contribution is -0.122. The second-order valence-corrected chi connectivity index (χ2v) is 8.79. The average molecular weight is 354 g/mol. The fraction of sp³-hybridized carbons (Fsp3) is 0.588. The summed E-state index contributed by atoms with van der Waals surface area (Å²) in [6.07, 6.45) is 0.731. The minimum atomic E-state index is -2.93. The van der Waals surface area contributed by atoms with Crippen LogP contribution in [-0.2, 0) is 21.2 Å². The van der Waals surface area contributed by atoms with Crippen molar-refractivity contribution >= 4 is 15.7 Å². The molecule has 1 heterocycles. The molecule has 1 aliphatic heterocycles. The summed E-state index contributed by atoms with van der Waals surface area (Å²) in [6.45, 7) is 4.59. The summed E-state index contributed by atoms with van der Waals surface area (Å²) in [6, 6.07) is 7.55. The summed E-state index contributed by atoms with van der Waals surface area (Å²) >= 11 is 0. The van der Waals surface area contributed by atoms with Gasteiger partial charge < -0.3 is 10.1 Å². The third-order valence-electron chi connectivity index (χ3n) is 4.01. The lowest BCUT2D eigenvalue weighted by Gasteiger charge is -2.22. The number of amides is 1. The van der Waals surface area contributed by atoms with E-state index in [1.807, 2.05) is 43.0 Å². The fourth-order valence-corrected chi connectivity index (χ4v) is 4.50. The van der Waals surface area contributed by atoms with Gasteiger partial charge in [-0.15, -0.1) is 0 Å². The zero-order valence-corrected chi connectivity index (χ0v) is 15.3. The summed E-state index contributed by atoms with van der Waals surface area (Å²) in [5.74, 6) is 1.06. The van der Waals surface area contributed by atoms with E-state index in [4.69, 9.17) is 4.74 Å². The highest BCUT2D eigenvalue weighted by atomic mass is 32.2. The summed E-state index contributed by atoms with van der Waals surface area (Å²) in [7, 11) is -1.13. The highest BCUT2D eigenvalue weighted by Gasteiger charge is 2.31. The molecule has 1 fully saturated rings. The molecule has 0 radical (unpaired) electrons. The van der Waals surface area contributed by atoms with Gasteiger partial charge in [0.25, 0.3) is 0 Å². The van der Waals surface area contributed by atoms with Gasteiger partial charge in [-0.1, -0.05) is 12.1 Å². The lowest BCUT2D eigenvalue weighted by atomic mass is 10.2. The first-order valence-electron chi connectivity index (χ1n) is 8.18. The number of hydrogen-bond acceptors (Lipinski definition) is 5. The van der Waals surface area contributed by atoms with Crippen molar-refractivity contribution in [2.75, 3.05) is 25.1 Å². The van der Waals surface area contributed by atoms with E-state index < -0.39 is 9.84 Å². The van der Waals surface area contributed by atoms with Crippen molar-refractivity contribution in [1.29, 1.82) is 0 Å². The highest BCUT2D eigenvalue weighted by molar-refractivity contribution is 7.91. The maximum Gasteiger partial charge on any atom is 0.234 e. The molecule has 1 aliphatic rings. The van der Waals surface area contributed by atoms with Crippen LogP contribution in [0.3, 0.4) is 0 Å². The predicted octanol–water partition coefficient (Wildman–Crippen LogP) is 1.21. The van der Waals surface area contributed by atoms with Crippen LogP contribution in [0.1, 0.15) is 25.8 Å². The van der Waals surface area contributed by atoms with Crippen LogP contribution in [0.5, 0.6) is 5.75 Å². The summed E-state index contributed by atoms with van der Waals surface area (Å²) < 4.78 is 28.6. The predicted molar refractivity (Wildman–Crippen MR) is 93.7 cm³/mol. The monoisotopic (exact) mass is 354 g/mol. The molecule has 1 N–H and O–H groups in total. The summed E-state index contributed by atoms with van der Waals surface area (Å²) in [4.78, 5) is 13.8. The number of sulfone groups is 1. The minimum absolute atomic E-state index is 0.0618. The first-order valence-corrected chi connectivity index (χ1v) is 10.0. The van der Waals surface area contributed by atoms with E-state index in [2.05, 4.69) is 5.32 Å². The van der Waals surface area contributed by atoms with Crippen molar-refractivity contribution in [2.24, 2.45) is 0 Å². The molecule has 1 amide bonds. The smallest absolute Gasteiger partial charge is 0.234 e. The normalized spacial score (nSPS) is 19.6. The number of carbonyl (C=O) groups is 1. The molecule has 1 aromatic carbocycles. The van der Waals surface area contributed by atoms with Crippen LogP contribution in [-0.4, -0.2) is 56.5 Å². The van der Waals surface area contributed by atoms with Crippen molar-refractivity contribution in [2.45, 2.75) is 39.0 Å². The van der Waals surface area contributed by atoms with E-state index in [1.54, 1.807) is 7.05 Å². The first-order chi connectivity index (χ1) is 11.2. The van der Waals surface area contributed by atoms with E-state index in [9.17, 15) is 13.2 Å². The average Bonchev–Trinajstić information content (AvgIpc) is 2.86. The van der Waals surface area contributed by atoms with Crippen LogP contribution in [0.4, 0.5) is 0 Å². The quantitative estimate of drug-likeness (QED) is 0.796. The summed E-state index contributed by atoms with van der Waals surface area (Å²) in [5.41, 5.74) is 0.991. The van der Waals surface area contributed by atoms with Gasteiger partial charge in [-0.05, 0) is 45.0 Å². The molecule has 7 heteroatoms. The fourth-order valence-electron chi connectivity index (χ4n) is 2.69. The van der Waals surface area contributed by atoms with Gasteiger partial charge in [0.2, 0.25) is 5.91 Å². The van der Waals surface area contributed by atoms with Crippen LogP contribution in [0.15, 0.2) is 24.3 Å². The molecule has 0 saturated carbocycles. The largest absolute Gasteiger partial charge is 0.491 e. The molecule has 6 nitrogen and oxygen atoms in total. The van der Waals surface area contributed by atoms with E-state index in [1.165, 1.54) is 0 Å². The third-order valence-corrected chi connectivity index (χ3v) is 5.76. The Morgan fingerprint density at radius 3 is 2.54 bits per heavy atom. The molecule has 2 rings (SSSR count). The van der Waals surface area contributed by atoms with E-state index in [-0.39, 0.29) is 36.1 Å². The molecule has 0 unspecified atom stereocenters. The third kappa shape index (κ3) is 5.79. The van der Waals surface area contributed by atoms with Crippen LogP contribution in [0.25, 0.3) is 0 Å². The topological polar surface area (TPSA) is 75.7 Å². The molecular formula is C17H26N2O4S. The number of nitrogens with zero attached hydrogens (tertiary/aromatic N) is 1. The molecular weight excluding hydrogens is 328 g/mol. The van der Waals surface area contributed by atoms with Crippen LogP contribution in [0, 0.1) is 0 Å². The molecule has 0 spiro atoms. The Morgan fingerprint density at radius 2 is 2.00 bits per heavy atom.